The monoisotopic (exact) mass is 417 g/mol. The van der Waals surface area contributed by atoms with Crippen LogP contribution in [0.25, 0.3) is 0 Å². The first-order chi connectivity index (χ1) is 13.8. The predicted molar refractivity (Wildman–Crippen MR) is 111 cm³/mol. The summed E-state index contributed by atoms with van der Waals surface area (Å²) in [6, 6.07) is 12.5. The van der Waals surface area contributed by atoms with Gasteiger partial charge < -0.3 is 10.1 Å². The Labute approximate surface area is 171 Å². The van der Waals surface area contributed by atoms with E-state index in [2.05, 4.69) is 41.4 Å². The van der Waals surface area contributed by atoms with Crippen molar-refractivity contribution in [3.8, 4) is 5.75 Å². The molecule has 1 amide bonds. The Bertz CT molecular complexity index is 983. The van der Waals surface area contributed by atoms with Crippen LogP contribution in [-0.4, -0.2) is 45.5 Å². The molecule has 29 heavy (non-hydrogen) atoms. The summed E-state index contributed by atoms with van der Waals surface area (Å²) in [6.07, 6.45) is 1.66. The molecule has 1 heterocycles. The highest BCUT2D eigenvalue weighted by atomic mass is 32.2. The first-order valence-electron chi connectivity index (χ1n) is 9.56. The summed E-state index contributed by atoms with van der Waals surface area (Å²) in [5, 5.41) is 8.18. The molecule has 2 aromatic rings. The molecule has 1 fully saturated rings. The standard InChI is InChI=1S/C21H27N3O4S/c1-15-4-3-5-16(12-15)14-24-10-8-17(9-11-24)23-21(25)19-13-18(29(22,26)27)6-7-20(19)28-2/h3-7,12-13,17H,8-11,14H2,1-2H3,(H,23,25)(H2,22,26,27). The van der Waals surface area contributed by atoms with Crippen molar-refractivity contribution < 1.29 is 17.9 Å². The Morgan fingerprint density at radius 3 is 2.55 bits per heavy atom. The van der Waals surface area contributed by atoms with Crippen molar-refractivity contribution in [1.82, 2.24) is 10.2 Å². The zero-order valence-electron chi connectivity index (χ0n) is 16.7. The van der Waals surface area contributed by atoms with Crippen LogP contribution >= 0.6 is 0 Å². The summed E-state index contributed by atoms with van der Waals surface area (Å²) >= 11 is 0. The maximum Gasteiger partial charge on any atom is 0.255 e. The van der Waals surface area contributed by atoms with Crippen molar-refractivity contribution in [1.29, 1.82) is 0 Å². The number of methoxy groups -OCH3 is 1. The summed E-state index contributed by atoms with van der Waals surface area (Å²) < 4.78 is 28.4. The van der Waals surface area contributed by atoms with Crippen LogP contribution in [0, 0.1) is 6.92 Å². The second kappa shape index (κ2) is 8.94. The van der Waals surface area contributed by atoms with Crippen molar-refractivity contribution in [3.05, 3.63) is 59.2 Å². The van der Waals surface area contributed by atoms with E-state index in [-0.39, 0.29) is 22.4 Å². The van der Waals surface area contributed by atoms with Crippen molar-refractivity contribution in [3.63, 3.8) is 0 Å². The number of amides is 1. The van der Waals surface area contributed by atoms with E-state index in [9.17, 15) is 13.2 Å². The highest BCUT2D eigenvalue weighted by Crippen LogP contribution is 2.23. The van der Waals surface area contributed by atoms with Crippen molar-refractivity contribution in [2.24, 2.45) is 5.14 Å². The molecule has 1 aliphatic rings. The number of carbonyl (C=O) groups is 1. The largest absolute Gasteiger partial charge is 0.496 e. The van der Waals surface area contributed by atoms with Gasteiger partial charge in [0.1, 0.15) is 5.75 Å². The van der Waals surface area contributed by atoms with Gasteiger partial charge >= 0.3 is 0 Å². The number of primary sulfonamides is 1. The van der Waals surface area contributed by atoms with Gasteiger partial charge in [-0.05, 0) is 43.5 Å². The fourth-order valence-corrected chi connectivity index (χ4v) is 4.15. The third-order valence-electron chi connectivity index (χ3n) is 5.16. The first-order valence-corrected chi connectivity index (χ1v) is 11.1. The number of nitrogens with two attached hydrogens (primary N) is 1. The molecule has 8 heteroatoms. The van der Waals surface area contributed by atoms with E-state index >= 15 is 0 Å². The number of aryl methyl sites for hydroxylation is 1. The van der Waals surface area contributed by atoms with Crippen LogP contribution in [0.5, 0.6) is 5.75 Å². The van der Waals surface area contributed by atoms with Crippen molar-refractivity contribution >= 4 is 15.9 Å². The molecule has 0 radical (unpaired) electrons. The number of piperidine rings is 1. The summed E-state index contributed by atoms with van der Waals surface area (Å²) in [5.74, 6) is -0.0451. The van der Waals surface area contributed by atoms with Crippen LogP contribution in [0.15, 0.2) is 47.4 Å². The Morgan fingerprint density at radius 1 is 1.21 bits per heavy atom. The smallest absolute Gasteiger partial charge is 0.255 e. The van der Waals surface area contributed by atoms with E-state index in [0.717, 1.165) is 32.5 Å². The average molecular weight is 418 g/mol. The molecule has 0 aromatic heterocycles. The summed E-state index contributed by atoms with van der Waals surface area (Å²) in [7, 11) is -2.46. The van der Waals surface area contributed by atoms with Gasteiger partial charge in [0.2, 0.25) is 10.0 Å². The maximum absolute atomic E-state index is 12.7. The Hall–Kier alpha value is -2.42. The lowest BCUT2D eigenvalue weighted by atomic mass is 10.0. The van der Waals surface area contributed by atoms with Crippen LogP contribution in [0.4, 0.5) is 0 Å². The van der Waals surface area contributed by atoms with Crippen LogP contribution in [-0.2, 0) is 16.6 Å². The SMILES string of the molecule is COc1ccc(S(N)(=O)=O)cc1C(=O)NC1CCN(Cc2cccc(C)c2)CC1. The lowest BCUT2D eigenvalue weighted by Gasteiger charge is -2.32. The minimum Gasteiger partial charge on any atom is -0.496 e. The Morgan fingerprint density at radius 2 is 1.93 bits per heavy atom. The lowest BCUT2D eigenvalue weighted by molar-refractivity contribution is 0.0905. The third kappa shape index (κ3) is 5.56. The number of ether oxygens (including phenoxy) is 1. The normalized spacial score (nSPS) is 15.8. The number of hydrogen-bond donors (Lipinski definition) is 2. The molecule has 0 saturated carbocycles. The van der Waals surface area contributed by atoms with Crippen LogP contribution in [0.3, 0.4) is 0 Å². The molecule has 0 unspecified atom stereocenters. The van der Waals surface area contributed by atoms with E-state index in [1.165, 1.54) is 36.4 Å². The molecular weight excluding hydrogens is 390 g/mol. The molecule has 3 N–H and O–H groups in total. The number of benzene rings is 2. The third-order valence-corrected chi connectivity index (χ3v) is 6.07. The number of carbonyl (C=O) groups excluding carboxylic acids is 1. The topological polar surface area (TPSA) is 102 Å². The summed E-state index contributed by atoms with van der Waals surface area (Å²) in [5.41, 5.74) is 2.71. The van der Waals surface area contributed by atoms with Crippen molar-refractivity contribution in [2.75, 3.05) is 20.2 Å². The van der Waals surface area contributed by atoms with Crippen molar-refractivity contribution in [2.45, 2.75) is 37.2 Å². The maximum atomic E-state index is 12.7. The number of nitrogens with zero attached hydrogens (tertiary/aromatic N) is 1. The van der Waals surface area contributed by atoms with Gasteiger partial charge in [-0.3, -0.25) is 9.69 Å². The van der Waals surface area contributed by atoms with Gasteiger partial charge in [0.05, 0.1) is 17.6 Å². The highest BCUT2D eigenvalue weighted by molar-refractivity contribution is 7.89. The van der Waals surface area contributed by atoms with Crippen LogP contribution in [0.2, 0.25) is 0 Å². The van der Waals surface area contributed by atoms with Gasteiger partial charge in [0.15, 0.2) is 0 Å². The molecule has 0 spiro atoms. The first kappa shape index (κ1) is 21.3. The van der Waals surface area contributed by atoms with Gasteiger partial charge in [0, 0.05) is 25.7 Å². The molecule has 2 aromatic carbocycles. The van der Waals surface area contributed by atoms with Gasteiger partial charge in [-0.15, -0.1) is 0 Å². The molecule has 1 aliphatic heterocycles. The van der Waals surface area contributed by atoms with E-state index in [4.69, 9.17) is 9.88 Å². The molecule has 7 nitrogen and oxygen atoms in total. The molecule has 156 valence electrons. The number of rotatable bonds is 6. The fourth-order valence-electron chi connectivity index (χ4n) is 3.61. The predicted octanol–water partition coefficient (Wildman–Crippen LogP) is 2.05. The fraction of sp³-hybridized carbons (Fsp3) is 0.381. The number of likely N-dealkylation sites (tertiary alicyclic amines) is 1. The Balaban J connectivity index is 1.61. The van der Waals surface area contributed by atoms with E-state index in [1.807, 2.05) is 0 Å². The number of hydrogen-bond acceptors (Lipinski definition) is 5. The second-order valence-electron chi connectivity index (χ2n) is 7.42. The average Bonchev–Trinajstić information content (AvgIpc) is 2.68. The zero-order chi connectivity index (χ0) is 21.0. The number of nitrogens with one attached hydrogen (secondary N) is 1. The van der Waals surface area contributed by atoms with E-state index in [0.29, 0.717) is 5.75 Å². The molecule has 0 bridgehead atoms. The van der Waals surface area contributed by atoms with Gasteiger partial charge in [-0.25, -0.2) is 13.6 Å². The van der Waals surface area contributed by atoms with Gasteiger partial charge in [-0.2, -0.15) is 0 Å². The van der Waals surface area contributed by atoms with Crippen LogP contribution in [0.1, 0.15) is 34.3 Å². The second-order valence-corrected chi connectivity index (χ2v) is 8.98. The molecule has 3 rings (SSSR count). The zero-order valence-corrected chi connectivity index (χ0v) is 17.5. The minimum absolute atomic E-state index is 0.0269. The lowest BCUT2D eigenvalue weighted by Crippen LogP contribution is -2.44. The molecule has 1 saturated heterocycles. The quantitative estimate of drug-likeness (QED) is 0.749. The minimum atomic E-state index is -3.90. The number of sulfonamides is 1. The highest BCUT2D eigenvalue weighted by Gasteiger charge is 2.23. The summed E-state index contributed by atoms with van der Waals surface area (Å²) in [4.78, 5) is 15.0. The molecule has 0 atom stereocenters. The summed E-state index contributed by atoms with van der Waals surface area (Å²) in [6.45, 7) is 4.75. The van der Waals surface area contributed by atoms with E-state index in [1.54, 1.807) is 0 Å². The molecular formula is C21H27N3O4S. The van der Waals surface area contributed by atoms with Gasteiger partial charge in [-0.1, -0.05) is 29.8 Å². The van der Waals surface area contributed by atoms with Gasteiger partial charge in [0.25, 0.3) is 5.91 Å². The molecule has 0 aliphatic carbocycles. The van der Waals surface area contributed by atoms with Crippen LogP contribution < -0.4 is 15.2 Å². The van der Waals surface area contributed by atoms with E-state index < -0.39 is 10.0 Å². The Kier molecular flexibility index (Phi) is 6.56.